The number of aliphatic hydroxyl groups is 2. The summed E-state index contributed by atoms with van der Waals surface area (Å²) in [5.41, 5.74) is 2.95. The summed E-state index contributed by atoms with van der Waals surface area (Å²) in [5, 5.41) is 23.1. The Morgan fingerprint density at radius 2 is 1.61 bits per heavy atom. The summed E-state index contributed by atoms with van der Waals surface area (Å²) in [5.74, 6) is 1.76. The molecule has 2 N–H and O–H groups in total. The van der Waals surface area contributed by atoms with Crippen molar-refractivity contribution in [2.24, 2.45) is 0 Å². The van der Waals surface area contributed by atoms with Crippen LogP contribution in [-0.2, 0) is 27.4 Å². The molecule has 3 heterocycles. The summed E-state index contributed by atoms with van der Waals surface area (Å²) in [4.78, 5) is 13.3. The Balaban J connectivity index is 1.33. The topological polar surface area (TPSA) is 131 Å². The first kappa shape index (κ1) is 28.2. The van der Waals surface area contributed by atoms with Crippen LogP contribution in [0, 0.1) is 0 Å². The molecule has 3 aliphatic heterocycles. The molecule has 4 atom stereocenters. The smallest absolute Gasteiger partial charge is 0.339 e. The van der Waals surface area contributed by atoms with Crippen LogP contribution in [0.15, 0.2) is 60.7 Å². The Kier molecular flexibility index (Phi) is 7.39. The van der Waals surface area contributed by atoms with Crippen LogP contribution in [0.25, 0.3) is 21.9 Å². The molecule has 4 aromatic carbocycles. The number of rotatable bonds is 8. The molecule has 11 heteroatoms. The fourth-order valence-corrected chi connectivity index (χ4v) is 5.86. The normalized spacial score (nSPS) is 22.0. The zero-order valence-corrected chi connectivity index (χ0v) is 24.0. The fraction of sp³-hybridized carbons (Fsp3) is 0.303. The van der Waals surface area contributed by atoms with Crippen molar-refractivity contribution in [3.05, 3.63) is 77.4 Å². The van der Waals surface area contributed by atoms with Gasteiger partial charge >= 0.3 is 5.97 Å². The van der Waals surface area contributed by atoms with Gasteiger partial charge in [0.15, 0.2) is 23.0 Å². The average Bonchev–Trinajstić information content (AvgIpc) is 3.68. The van der Waals surface area contributed by atoms with Gasteiger partial charge in [-0.05, 0) is 40.8 Å². The van der Waals surface area contributed by atoms with E-state index in [-0.39, 0.29) is 32.4 Å². The van der Waals surface area contributed by atoms with Crippen molar-refractivity contribution >= 4 is 16.7 Å². The lowest BCUT2D eigenvalue weighted by Crippen LogP contribution is -2.56. The number of fused-ring (bicyclic) bond motifs is 3. The first-order valence-electron chi connectivity index (χ1n) is 14.1. The number of hydrogen-bond donors (Lipinski definition) is 2. The first-order chi connectivity index (χ1) is 21.5. The van der Waals surface area contributed by atoms with Crippen LogP contribution in [0.5, 0.6) is 28.7 Å². The van der Waals surface area contributed by atoms with Crippen molar-refractivity contribution < 1.29 is 52.9 Å². The largest absolute Gasteiger partial charge is 0.493 e. The summed E-state index contributed by atoms with van der Waals surface area (Å²) in [7, 11) is 3.04. The summed E-state index contributed by atoms with van der Waals surface area (Å²) >= 11 is 0. The number of esters is 1. The van der Waals surface area contributed by atoms with Gasteiger partial charge in [0.25, 0.3) is 0 Å². The second-order valence-corrected chi connectivity index (χ2v) is 10.6. The number of carbonyl (C=O) groups excluding carboxylic acids is 1. The Bertz CT molecular complexity index is 1720. The molecule has 0 spiro atoms. The van der Waals surface area contributed by atoms with Crippen LogP contribution in [0.3, 0.4) is 0 Å². The predicted molar refractivity (Wildman–Crippen MR) is 155 cm³/mol. The summed E-state index contributed by atoms with van der Waals surface area (Å²) in [6.45, 7) is 0.0774. The molecular formula is C33H30O11. The van der Waals surface area contributed by atoms with Gasteiger partial charge in [-0.1, -0.05) is 36.4 Å². The maximum absolute atomic E-state index is 13.3. The molecule has 0 bridgehead atoms. The van der Waals surface area contributed by atoms with Crippen LogP contribution >= 0.6 is 0 Å². The van der Waals surface area contributed by atoms with Crippen LogP contribution in [0.4, 0.5) is 0 Å². The third-order valence-electron chi connectivity index (χ3n) is 8.02. The Morgan fingerprint density at radius 1 is 0.864 bits per heavy atom. The molecule has 0 aromatic heterocycles. The zero-order valence-electron chi connectivity index (χ0n) is 24.0. The highest BCUT2D eigenvalue weighted by molar-refractivity contribution is 6.14. The Hall–Kier alpha value is -4.55. The minimum atomic E-state index is -1.36. The predicted octanol–water partition coefficient (Wildman–Crippen LogP) is 3.97. The van der Waals surface area contributed by atoms with E-state index in [1.165, 1.54) is 14.2 Å². The standard InChI is InChI=1S/C33H30O11/c1-37-24-11-19-20(12-25(24)38-2)30(44-33-29(35)31(22(34)15-41-33)39-13-17-6-4-3-5-7-17)21-14-40-32(36)28(21)27(19)18-8-9-23-26(10-18)43-16-42-23/h3-12,22,29,31,33-35H,13-16H2,1-2H3/t22-,29-,31+,33?/m1/s1. The molecule has 44 heavy (non-hydrogen) atoms. The Labute approximate surface area is 252 Å². The van der Waals surface area contributed by atoms with E-state index >= 15 is 0 Å². The highest BCUT2D eigenvalue weighted by atomic mass is 16.7. The first-order valence-corrected chi connectivity index (χ1v) is 14.1. The molecule has 11 nitrogen and oxygen atoms in total. The molecule has 0 radical (unpaired) electrons. The van der Waals surface area contributed by atoms with Gasteiger partial charge in [0.2, 0.25) is 13.1 Å². The third-order valence-corrected chi connectivity index (χ3v) is 8.02. The number of hydrogen-bond acceptors (Lipinski definition) is 11. The van der Waals surface area contributed by atoms with Gasteiger partial charge in [-0.2, -0.15) is 0 Å². The van der Waals surface area contributed by atoms with E-state index < -0.39 is 30.6 Å². The van der Waals surface area contributed by atoms with E-state index in [2.05, 4.69) is 0 Å². The monoisotopic (exact) mass is 602 g/mol. The SMILES string of the molecule is COc1cc2c(OC3OC[C@@H](O)[C@H](OCc4ccccc4)[C@H]3O)c3c(c(-c4ccc5c(c4)OCO5)c2cc1OC)C(=O)OC3. The molecule has 0 aliphatic carbocycles. The van der Waals surface area contributed by atoms with Crippen LogP contribution in [-0.4, -0.2) is 68.4 Å². The van der Waals surface area contributed by atoms with Crippen molar-refractivity contribution in [3.8, 4) is 39.9 Å². The van der Waals surface area contributed by atoms with Gasteiger partial charge in [0, 0.05) is 16.5 Å². The molecule has 0 amide bonds. The molecule has 1 unspecified atom stereocenters. The van der Waals surface area contributed by atoms with Gasteiger partial charge in [-0.15, -0.1) is 0 Å². The molecule has 228 valence electrons. The van der Waals surface area contributed by atoms with Crippen molar-refractivity contribution in [3.63, 3.8) is 0 Å². The number of ether oxygens (including phenoxy) is 8. The van der Waals surface area contributed by atoms with E-state index in [0.29, 0.717) is 56.0 Å². The van der Waals surface area contributed by atoms with Crippen molar-refractivity contribution in [1.82, 2.24) is 0 Å². The molecule has 3 aliphatic rings. The molecule has 4 aromatic rings. The minimum Gasteiger partial charge on any atom is -0.493 e. The van der Waals surface area contributed by atoms with E-state index in [9.17, 15) is 15.0 Å². The van der Waals surface area contributed by atoms with E-state index in [1.54, 1.807) is 18.2 Å². The van der Waals surface area contributed by atoms with E-state index in [4.69, 9.17) is 37.9 Å². The van der Waals surface area contributed by atoms with Gasteiger partial charge in [-0.3, -0.25) is 0 Å². The molecular weight excluding hydrogens is 572 g/mol. The zero-order chi connectivity index (χ0) is 30.4. The minimum absolute atomic E-state index is 0.0648. The van der Waals surface area contributed by atoms with Gasteiger partial charge in [-0.25, -0.2) is 4.79 Å². The molecule has 7 rings (SSSR count). The van der Waals surface area contributed by atoms with Crippen LogP contribution in [0.1, 0.15) is 21.5 Å². The third kappa shape index (κ3) is 4.83. The number of carbonyl (C=O) groups is 1. The lowest BCUT2D eigenvalue weighted by atomic mass is 9.89. The summed E-state index contributed by atoms with van der Waals surface area (Å²) in [6.07, 6.45) is -4.67. The quantitative estimate of drug-likeness (QED) is 0.284. The number of aliphatic hydroxyl groups excluding tert-OH is 2. The maximum Gasteiger partial charge on any atom is 0.339 e. The summed E-state index contributed by atoms with van der Waals surface area (Å²) < 4.78 is 46.0. The lowest BCUT2D eigenvalue weighted by Gasteiger charge is -2.38. The average molecular weight is 603 g/mol. The number of cyclic esters (lactones) is 1. The van der Waals surface area contributed by atoms with Gasteiger partial charge < -0.3 is 48.1 Å². The van der Waals surface area contributed by atoms with Crippen molar-refractivity contribution in [2.75, 3.05) is 27.6 Å². The fourth-order valence-electron chi connectivity index (χ4n) is 5.86. The lowest BCUT2D eigenvalue weighted by molar-refractivity contribution is -0.254. The Morgan fingerprint density at radius 3 is 2.39 bits per heavy atom. The molecule has 1 saturated heterocycles. The molecule has 1 fully saturated rings. The van der Waals surface area contributed by atoms with Crippen molar-refractivity contribution in [1.29, 1.82) is 0 Å². The number of benzene rings is 4. The van der Waals surface area contributed by atoms with Crippen molar-refractivity contribution in [2.45, 2.75) is 37.8 Å². The van der Waals surface area contributed by atoms with E-state index in [1.807, 2.05) is 42.5 Å². The molecule has 0 saturated carbocycles. The van der Waals surface area contributed by atoms with Gasteiger partial charge in [0.1, 0.15) is 30.7 Å². The maximum atomic E-state index is 13.3. The summed E-state index contributed by atoms with van der Waals surface area (Å²) in [6, 6.07) is 18.4. The van der Waals surface area contributed by atoms with Crippen LogP contribution in [0.2, 0.25) is 0 Å². The second kappa shape index (κ2) is 11.5. The second-order valence-electron chi connectivity index (χ2n) is 10.6. The number of methoxy groups -OCH3 is 2. The van der Waals surface area contributed by atoms with E-state index in [0.717, 1.165) is 5.56 Å². The van der Waals surface area contributed by atoms with Gasteiger partial charge in [0.05, 0.1) is 33.0 Å². The van der Waals surface area contributed by atoms with Crippen LogP contribution < -0.4 is 23.7 Å². The highest BCUT2D eigenvalue weighted by Crippen LogP contribution is 2.49. The highest BCUT2D eigenvalue weighted by Gasteiger charge is 2.43.